The second-order valence-corrected chi connectivity index (χ2v) is 8.00. The standard InChI is InChI=1S/C25H27N5O2/c1-3-21-20(17-19-7-4-6-18(2)16-19)24(28-23(27-21)9-10-26)29-11-13-30(14-12-29)25(31)22-8-5-15-32-22/h4-8,15-16H,3,9,11-14,17H2,1-2H3. The number of nitrogens with zero attached hydrogens (tertiary/aromatic N) is 5. The molecule has 1 aliphatic rings. The topological polar surface area (TPSA) is 86.3 Å². The Morgan fingerprint density at radius 1 is 1.16 bits per heavy atom. The van der Waals surface area contributed by atoms with Crippen molar-refractivity contribution in [2.45, 2.75) is 33.1 Å². The number of amides is 1. The van der Waals surface area contributed by atoms with E-state index in [1.165, 1.54) is 17.4 Å². The molecule has 1 amide bonds. The predicted molar refractivity (Wildman–Crippen MR) is 122 cm³/mol. The van der Waals surface area contributed by atoms with E-state index in [1.807, 2.05) is 4.90 Å². The minimum atomic E-state index is -0.0864. The summed E-state index contributed by atoms with van der Waals surface area (Å²) in [5.74, 6) is 1.72. The molecular weight excluding hydrogens is 402 g/mol. The molecule has 0 unspecified atom stereocenters. The number of aryl methyl sites for hydroxylation is 2. The van der Waals surface area contributed by atoms with Crippen molar-refractivity contribution in [3.63, 3.8) is 0 Å². The molecule has 7 nitrogen and oxygen atoms in total. The minimum Gasteiger partial charge on any atom is -0.459 e. The summed E-state index contributed by atoms with van der Waals surface area (Å²) in [4.78, 5) is 26.2. The summed E-state index contributed by atoms with van der Waals surface area (Å²) in [5, 5.41) is 9.21. The Hall–Kier alpha value is -3.66. The number of piperazine rings is 1. The molecule has 164 valence electrons. The highest BCUT2D eigenvalue weighted by molar-refractivity contribution is 5.91. The molecule has 3 aromatic rings. The number of hydrogen-bond donors (Lipinski definition) is 0. The Balaban J connectivity index is 1.62. The van der Waals surface area contributed by atoms with Crippen LogP contribution in [0.1, 0.15) is 45.7 Å². The van der Waals surface area contributed by atoms with E-state index in [1.54, 1.807) is 12.1 Å². The summed E-state index contributed by atoms with van der Waals surface area (Å²) in [6.07, 6.45) is 3.21. The highest BCUT2D eigenvalue weighted by Crippen LogP contribution is 2.27. The van der Waals surface area contributed by atoms with Crippen molar-refractivity contribution in [1.82, 2.24) is 14.9 Å². The number of benzene rings is 1. The monoisotopic (exact) mass is 429 g/mol. The molecule has 0 spiro atoms. The molecule has 1 aromatic carbocycles. The van der Waals surface area contributed by atoms with Gasteiger partial charge in [0.05, 0.1) is 18.8 Å². The van der Waals surface area contributed by atoms with Crippen molar-refractivity contribution in [3.05, 3.63) is 76.6 Å². The number of aromatic nitrogens is 2. The van der Waals surface area contributed by atoms with E-state index < -0.39 is 0 Å². The zero-order valence-corrected chi connectivity index (χ0v) is 18.5. The van der Waals surface area contributed by atoms with Crippen LogP contribution < -0.4 is 4.90 Å². The van der Waals surface area contributed by atoms with Gasteiger partial charge in [0.25, 0.3) is 5.91 Å². The molecule has 0 N–H and O–H groups in total. The van der Waals surface area contributed by atoms with Crippen LogP contribution in [-0.4, -0.2) is 47.0 Å². The van der Waals surface area contributed by atoms with Gasteiger partial charge in [-0.3, -0.25) is 4.79 Å². The van der Waals surface area contributed by atoms with Gasteiger partial charge in [0.1, 0.15) is 11.6 Å². The van der Waals surface area contributed by atoms with E-state index in [0.29, 0.717) is 37.8 Å². The Bertz CT molecular complexity index is 1130. The smallest absolute Gasteiger partial charge is 0.289 e. The third-order valence-corrected chi connectivity index (χ3v) is 5.75. The number of nitriles is 1. The minimum absolute atomic E-state index is 0.0864. The van der Waals surface area contributed by atoms with Crippen LogP contribution in [-0.2, 0) is 19.3 Å². The highest BCUT2D eigenvalue weighted by Gasteiger charge is 2.27. The number of anilines is 1. The second kappa shape index (κ2) is 9.65. The molecular formula is C25H27N5O2. The first-order chi connectivity index (χ1) is 15.6. The Morgan fingerprint density at radius 2 is 1.97 bits per heavy atom. The van der Waals surface area contributed by atoms with Gasteiger partial charge in [0, 0.05) is 43.9 Å². The van der Waals surface area contributed by atoms with Gasteiger partial charge in [-0.05, 0) is 31.0 Å². The van der Waals surface area contributed by atoms with Crippen molar-refractivity contribution < 1.29 is 9.21 Å². The lowest BCUT2D eigenvalue weighted by molar-refractivity contribution is 0.0714. The predicted octanol–water partition coefficient (Wildman–Crippen LogP) is 3.56. The number of rotatable bonds is 6. The third-order valence-electron chi connectivity index (χ3n) is 5.75. The number of furan rings is 1. The van der Waals surface area contributed by atoms with Crippen molar-refractivity contribution in [1.29, 1.82) is 5.26 Å². The summed E-state index contributed by atoms with van der Waals surface area (Å²) in [6, 6.07) is 14.1. The van der Waals surface area contributed by atoms with Gasteiger partial charge < -0.3 is 14.2 Å². The van der Waals surface area contributed by atoms with Crippen molar-refractivity contribution >= 4 is 11.7 Å². The maximum atomic E-state index is 12.6. The van der Waals surface area contributed by atoms with Crippen LogP contribution in [0.2, 0.25) is 0 Å². The molecule has 1 aliphatic heterocycles. The van der Waals surface area contributed by atoms with E-state index >= 15 is 0 Å². The molecule has 0 saturated carbocycles. The molecule has 2 aromatic heterocycles. The second-order valence-electron chi connectivity index (χ2n) is 8.00. The van der Waals surface area contributed by atoms with E-state index in [4.69, 9.17) is 14.4 Å². The molecule has 3 heterocycles. The van der Waals surface area contributed by atoms with Crippen LogP contribution >= 0.6 is 0 Å². The average molecular weight is 430 g/mol. The molecule has 1 fully saturated rings. The van der Waals surface area contributed by atoms with Crippen LogP contribution in [0.25, 0.3) is 0 Å². The van der Waals surface area contributed by atoms with Crippen LogP contribution in [0.3, 0.4) is 0 Å². The lowest BCUT2D eigenvalue weighted by Crippen LogP contribution is -2.49. The number of carbonyl (C=O) groups excluding carboxylic acids is 1. The molecule has 1 saturated heterocycles. The summed E-state index contributed by atoms with van der Waals surface area (Å²) in [7, 11) is 0. The van der Waals surface area contributed by atoms with Gasteiger partial charge in [-0.25, -0.2) is 9.97 Å². The Kier molecular flexibility index (Phi) is 6.50. The molecule has 32 heavy (non-hydrogen) atoms. The van der Waals surface area contributed by atoms with Gasteiger partial charge in [-0.1, -0.05) is 36.8 Å². The molecule has 0 atom stereocenters. The summed E-state index contributed by atoms with van der Waals surface area (Å²) < 4.78 is 5.27. The normalized spacial score (nSPS) is 13.8. The number of carbonyl (C=O) groups is 1. The Morgan fingerprint density at radius 3 is 2.62 bits per heavy atom. The molecule has 7 heteroatoms. The van der Waals surface area contributed by atoms with Crippen LogP contribution in [0, 0.1) is 18.3 Å². The molecule has 0 radical (unpaired) electrons. The fourth-order valence-corrected chi connectivity index (χ4v) is 4.16. The highest BCUT2D eigenvalue weighted by atomic mass is 16.3. The number of hydrogen-bond acceptors (Lipinski definition) is 6. The van der Waals surface area contributed by atoms with Gasteiger partial charge in [-0.15, -0.1) is 0 Å². The van der Waals surface area contributed by atoms with Gasteiger partial charge >= 0.3 is 0 Å². The summed E-state index contributed by atoms with van der Waals surface area (Å²) in [6.45, 7) is 6.68. The van der Waals surface area contributed by atoms with Gasteiger partial charge in [0.15, 0.2) is 5.76 Å². The van der Waals surface area contributed by atoms with Crippen LogP contribution in [0.4, 0.5) is 5.82 Å². The fourth-order valence-electron chi connectivity index (χ4n) is 4.16. The fraction of sp³-hybridized carbons (Fsp3) is 0.360. The molecule has 4 rings (SSSR count). The van der Waals surface area contributed by atoms with E-state index in [2.05, 4.69) is 49.1 Å². The zero-order valence-electron chi connectivity index (χ0n) is 18.5. The SMILES string of the molecule is CCc1nc(CC#N)nc(N2CCN(C(=O)c3ccco3)CC2)c1Cc1cccc(C)c1. The average Bonchev–Trinajstić information content (AvgIpc) is 3.35. The quantitative estimate of drug-likeness (QED) is 0.596. The van der Waals surface area contributed by atoms with Gasteiger partial charge in [0.2, 0.25) is 0 Å². The van der Waals surface area contributed by atoms with Crippen molar-refractivity contribution in [3.8, 4) is 6.07 Å². The Labute approximate surface area is 188 Å². The maximum Gasteiger partial charge on any atom is 0.289 e. The third kappa shape index (κ3) is 4.65. The summed E-state index contributed by atoms with van der Waals surface area (Å²) in [5.41, 5.74) is 4.51. The molecule has 0 aliphatic carbocycles. The van der Waals surface area contributed by atoms with Crippen LogP contribution in [0.5, 0.6) is 0 Å². The van der Waals surface area contributed by atoms with E-state index in [0.717, 1.165) is 29.9 Å². The van der Waals surface area contributed by atoms with E-state index in [9.17, 15) is 10.1 Å². The lowest BCUT2D eigenvalue weighted by Gasteiger charge is -2.36. The van der Waals surface area contributed by atoms with Crippen molar-refractivity contribution in [2.75, 3.05) is 31.1 Å². The first-order valence-corrected chi connectivity index (χ1v) is 11.0. The summed E-state index contributed by atoms with van der Waals surface area (Å²) >= 11 is 0. The maximum absolute atomic E-state index is 12.6. The van der Waals surface area contributed by atoms with E-state index in [-0.39, 0.29) is 12.3 Å². The first kappa shape index (κ1) is 21.6. The first-order valence-electron chi connectivity index (χ1n) is 11.0. The van der Waals surface area contributed by atoms with Gasteiger partial charge in [-0.2, -0.15) is 5.26 Å². The largest absolute Gasteiger partial charge is 0.459 e. The zero-order chi connectivity index (χ0) is 22.5. The van der Waals surface area contributed by atoms with Crippen LogP contribution in [0.15, 0.2) is 47.1 Å². The van der Waals surface area contributed by atoms with Crippen molar-refractivity contribution in [2.24, 2.45) is 0 Å². The molecule has 0 bridgehead atoms. The lowest BCUT2D eigenvalue weighted by atomic mass is 10.00.